The number of methoxy groups -OCH3 is 1. The van der Waals surface area contributed by atoms with E-state index in [4.69, 9.17) is 4.74 Å². The lowest BCUT2D eigenvalue weighted by Crippen LogP contribution is -2.49. The van der Waals surface area contributed by atoms with Crippen LogP contribution in [0.15, 0.2) is 30.5 Å². The molecule has 2 saturated heterocycles. The van der Waals surface area contributed by atoms with E-state index in [1.165, 1.54) is 16.7 Å². The van der Waals surface area contributed by atoms with Crippen molar-refractivity contribution >= 4 is 5.91 Å². The third-order valence-electron chi connectivity index (χ3n) is 7.12. The van der Waals surface area contributed by atoms with Crippen molar-refractivity contribution in [3.8, 4) is 5.75 Å². The summed E-state index contributed by atoms with van der Waals surface area (Å²) in [6.45, 7) is 12.6. The molecule has 2 aliphatic heterocycles. The summed E-state index contributed by atoms with van der Waals surface area (Å²) in [6, 6.07) is 9.21. The molecule has 4 rings (SSSR count). The molecule has 30 heavy (non-hydrogen) atoms. The summed E-state index contributed by atoms with van der Waals surface area (Å²) in [7, 11) is 1.72. The molecule has 5 nitrogen and oxygen atoms in total. The van der Waals surface area contributed by atoms with Gasteiger partial charge < -0.3 is 9.64 Å². The first-order valence-corrected chi connectivity index (χ1v) is 11.0. The average molecular weight is 408 g/mol. The Labute approximate surface area is 180 Å². The van der Waals surface area contributed by atoms with Gasteiger partial charge in [0.25, 0.3) is 5.91 Å². The van der Waals surface area contributed by atoms with Crippen LogP contribution in [-0.2, 0) is 0 Å². The number of fused-ring (bicyclic) bond motifs is 2. The van der Waals surface area contributed by atoms with Gasteiger partial charge in [-0.25, -0.2) is 0 Å². The Kier molecular flexibility index (Phi) is 5.58. The van der Waals surface area contributed by atoms with Gasteiger partial charge in [0.15, 0.2) is 0 Å². The molecule has 3 heterocycles. The topological polar surface area (TPSA) is 45.7 Å². The highest BCUT2D eigenvalue weighted by atomic mass is 16.5. The fourth-order valence-corrected chi connectivity index (χ4v) is 5.13. The molecule has 0 radical (unpaired) electrons. The Balaban J connectivity index is 1.46. The number of pyridine rings is 1. The second kappa shape index (κ2) is 8.03. The van der Waals surface area contributed by atoms with Crippen molar-refractivity contribution in [3.05, 3.63) is 58.4 Å². The molecule has 2 bridgehead atoms. The molecule has 1 aromatic heterocycles. The molecule has 0 spiro atoms. The molecular weight excluding hydrogens is 374 g/mol. The first-order chi connectivity index (χ1) is 14.3. The minimum absolute atomic E-state index is 0.120. The fraction of sp³-hybridized carbons (Fsp3) is 0.520. The van der Waals surface area contributed by atoms with Gasteiger partial charge in [-0.2, -0.15) is 0 Å². The number of ether oxygens (including phenoxy) is 1. The Hall–Kier alpha value is -2.40. The maximum Gasteiger partial charge on any atom is 0.255 e. The molecule has 1 amide bonds. The lowest BCUT2D eigenvalue weighted by atomic mass is 9.96. The van der Waals surface area contributed by atoms with E-state index in [1.54, 1.807) is 13.3 Å². The summed E-state index contributed by atoms with van der Waals surface area (Å²) in [6.07, 6.45) is 2.80. The van der Waals surface area contributed by atoms with Crippen LogP contribution in [0.4, 0.5) is 0 Å². The van der Waals surface area contributed by atoms with Gasteiger partial charge in [0.1, 0.15) is 5.75 Å². The van der Waals surface area contributed by atoms with Gasteiger partial charge in [-0.05, 0) is 68.0 Å². The summed E-state index contributed by atoms with van der Waals surface area (Å²) in [5.74, 6) is 1.44. The zero-order valence-electron chi connectivity index (χ0n) is 19.0. The molecule has 5 heteroatoms. The quantitative estimate of drug-likeness (QED) is 0.733. The Bertz CT molecular complexity index is 938. The van der Waals surface area contributed by atoms with Crippen LogP contribution in [0, 0.1) is 13.8 Å². The molecule has 0 aliphatic carbocycles. The van der Waals surface area contributed by atoms with E-state index in [0.29, 0.717) is 23.6 Å². The van der Waals surface area contributed by atoms with Gasteiger partial charge in [-0.1, -0.05) is 19.9 Å². The van der Waals surface area contributed by atoms with Crippen molar-refractivity contribution in [2.24, 2.45) is 0 Å². The van der Waals surface area contributed by atoms with E-state index in [2.05, 4.69) is 61.5 Å². The van der Waals surface area contributed by atoms with Gasteiger partial charge in [0.05, 0.1) is 12.7 Å². The zero-order valence-corrected chi connectivity index (χ0v) is 19.0. The number of nitrogens with zero attached hydrogens (tertiary/aromatic N) is 3. The summed E-state index contributed by atoms with van der Waals surface area (Å²) in [4.78, 5) is 22.2. The van der Waals surface area contributed by atoms with E-state index < -0.39 is 0 Å². The third kappa shape index (κ3) is 3.49. The molecule has 3 atom stereocenters. The van der Waals surface area contributed by atoms with Crippen molar-refractivity contribution in [2.45, 2.75) is 65.1 Å². The number of hydrogen-bond acceptors (Lipinski definition) is 4. The predicted molar refractivity (Wildman–Crippen MR) is 119 cm³/mol. The van der Waals surface area contributed by atoms with Gasteiger partial charge in [-0.15, -0.1) is 0 Å². The van der Waals surface area contributed by atoms with Crippen molar-refractivity contribution in [1.29, 1.82) is 0 Å². The second-order valence-electron chi connectivity index (χ2n) is 9.11. The van der Waals surface area contributed by atoms with E-state index in [1.807, 2.05) is 12.1 Å². The van der Waals surface area contributed by atoms with Gasteiger partial charge in [0.2, 0.25) is 0 Å². The smallest absolute Gasteiger partial charge is 0.255 e. The van der Waals surface area contributed by atoms with Gasteiger partial charge >= 0.3 is 0 Å². The lowest BCUT2D eigenvalue weighted by Gasteiger charge is -2.38. The lowest BCUT2D eigenvalue weighted by molar-refractivity contribution is 0.0568. The number of carbonyl (C=O) groups is 1. The maximum atomic E-state index is 13.1. The van der Waals surface area contributed by atoms with Gasteiger partial charge in [0, 0.05) is 43.1 Å². The average Bonchev–Trinajstić information content (AvgIpc) is 3.36. The van der Waals surface area contributed by atoms with Crippen LogP contribution in [0.2, 0.25) is 0 Å². The minimum Gasteiger partial charge on any atom is -0.496 e. The molecule has 0 saturated carbocycles. The molecule has 0 unspecified atom stereocenters. The SMILES string of the molecule is COc1ccc([C@H](C)N2C[C@@H]3C[C@H]2CN3C(=O)c2ccc(C(C)C)nc2)c(C)c1C. The number of rotatable bonds is 5. The largest absolute Gasteiger partial charge is 0.496 e. The van der Waals surface area contributed by atoms with Crippen molar-refractivity contribution in [1.82, 2.24) is 14.8 Å². The van der Waals surface area contributed by atoms with Crippen molar-refractivity contribution in [3.63, 3.8) is 0 Å². The van der Waals surface area contributed by atoms with Crippen LogP contribution in [0.3, 0.4) is 0 Å². The summed E-state index contributed by atoms with van der Waals surface area (Å²) in [5.41, 5.74) is 5.59. The summed E-state index contributed by atoms with van der Waals surface area (Å²) in [5, 5.41) is 0. The predicted octanol–water partition coefficient (Wildman–Crippen LogP) is 4.49. The second-order valence-corrected chi connectivity index (χ2v) is 9.11. The molecule has 2 fully saturated rings. The fourth-order valence-electron chi connectivity index (χ4n) is 5.13. The zero-order chi connectivity index (χ0) is 21.6. The highest BCUT2D eigenvalue weighted by molar-refractivity contribution is 5.94. The minimum atomic E-state index is 0.120. The Morgan fingerprint density at radius 3 is 2.40 bits per heavy atom. The van der Waals surface area contributed by atoms with Crippen LogP contribution in [0.1, 0.15) is 71.9 Å². The number of hydrogen-bond donors (Lipinski definition) is 0. The van der Waals surface area contributed by atoms with E-state index in [-0.39, 0.29) is 11.9 Å². The summed E-state index contributed by atoms with van der Waals surface area (Å²) >= 11 is 0. The van der Waals surface area contributed by atoms with Crippen molar-refractivity contribution < 1.29 is 9.53 Å². The molecule has 160 valence electrons. The van der Waals surface area contributed by atoms with Crippen LogP contribution >= 0.6 is 0 Å². The van der Waals surface area contributed by atoms with E-state index in [0.717, 1.165) is 31.0 Å². The van der Waals surface area contributed by atoms with Crippen LogP contribution in [0.25, 0.3) is 0 Å². The van der Waals surface area contributed by atoms with Crippen LogP contribution < -0.4 is 4.74 Å². The number of carbonyl (C=O) groups excluding carboxylic acids is 1. The number of likely N-dealkylation sites (tertiary alicyclic amines) is 2. The third-order valence-corrected chi connectivity index (χ3v) is 7.12. The molecular formula is C25H33N3O2. The number of amides is 1. The van der Waals surface area contributed by atoms with E-state index in [9.17, 15) is 4.79 Å². The van der Waals surface area contributed by atoms with Crippen LogP contribution in [-0.4, -0.2) is 53.0 Å². The summed E-state index contributed by atoms with van der Waals surface area (Å²) < 4.78 is 5.48. The standard InChI is InChI=1S/C25H33N3O2/c1-15(2)23-9-7-19(12-26-23)25(29)28-14-20-11-21(28)13-27(20)18(5)22-8-10-24(30-6)17(4)16(22)3/h7-10,12,15,18,20-21H,11,13-14H2,1-6H3/t18-,20-,21-/m0/s1. The molecule has 2 aliphatic rings. The Morgan fingerprint density at radius 1 is 1.07 bits per heavy atom. The Morgan fingerprint density at radius 2 is 1.83 bits per heavy atom. The monoisotopic (exact) mass is 407 g/mol. The van der Waals surface area contributed by atoms with Gasteiger partial charge in [-0.3, -0.25) is 14.7 Å². The van der Waals surface area contributed by atoms with Crippen molar-refractivity contribution in [2.75, 3.05) is 20.2 Å². The maximum absolute atomic E-state index is 13.1. The highest BCUT2D eigenvalue weighted by Gasteiger charge is 2.47. The number of aromatic nitrogens is 1. The number of benzene rings is 1. The normalized spacial score (nSPS) is 22.0. The van der Waals surface area contributed by atoms with Crippen LogP contribution in [0.5, 0.6) is 5.75 Å². The molecule has 1 aromatic carbocycles. The highest BCUT2D eigenvalue weighted by Crippen LogP contribution is 2.39. The van der Waals surface area contributed by atoms with E-state index >= 15 is 0 Å². The first-order valence-electron chi connectivity index (χ1n) is 11.0. The number of piperazine rings is 1. The molecule has 0 N–H and O–H groups in total. The first kappa shape index (κ1) is 20.9. The molecule has 2 aromatic rings.